The van der Waals surface area contributed by atoms with Gasteiger partial charge >= 0.3 is 0 Å². The molecule has 0 aromatic carbocycles. The Bertz CT molecular complexity index is 586. The summed E-state index contributed by atoms with van der Waals surface area (Å²) in [5.41, 5.74) is -0.386. The highest BCUT2D eigenvalue weighted by atomic mass is 19.3. The van der Waals surface area contributed by atoms with Gasteiger partial charge in [-0.1, -0.05) is 6.92 Å². The minimum Gasteiger partial charge on any atom is -0.368 e. The molecule has 8 heteroatoms. The topological polar surface area (TPSA) is 61.9 Å². The minimum absolute atomic E-state index is 0.179. The van der Waals surface area contributed by atoms with Crippen LogP contribution in [0.3, 0.4) is 0 Å². The van der Waals surface area contributed by atoms with Gasteiger partial charge in [-0.25, -0.2) is 8.78 Å². The second-order valence-electron chi connectivity index (χ2n) is 8.41. The van der Waals surface area contributed by atoms with Gasteiger partial charge in [-0.2, -0.15) is 0 Å². The van der Waals surface area contributed by atoms with Crippen molar-refractivity contribution >= 4 is 11.8 Å². The summed E-state index contributed by atoms with van der Waals surface area (Å²) < 4.78 is 31.7. The number of amides is 2. The van der Waals surface area contributed by atoms with Crippen molar-refractivity contribution in [2.24, 2.45) is 11.8 Å². The summed E-state index contributed by atoms with van der Waals surface area (Å²) >= 11 is 0. The minimum atomic E-state index is -2.64. The second kappa shape index (κ2) is 5.61. The van der Waals surface area contributed by atoms with Crippen LogP contribution in [0.15, 0.2) is 0 Å². The lowest BCUT2D eigenvalue weighted by atomic mass is 9.87. The quantitative estimate of drug-likeness (QED) is 0.798. The smallest absolute Gasteiger partial charge is 0.252 e. The lowest BCUT2D eigenvalue weighted by Crippen LogP contribution is -2.73. The van der Waals surface area contributed by atoms with E-state index in [9.17, 15) is 18.4 Å². The largest absolute Gasteiger partial charge is 0.368 e. The van der Waals surface area contributed by atoms with Gasteiger partial charge in [0.1, 0.15) is 11.6 Å². The van der Waals surface area contributed by atoms with Crippen molar-refractivity contribution in [2.75, 3.05) is 33.3 Å². The van der Waals surface area contributed by atoms with Gasteiger partial charge in [-0.05, 0) is 19.4 Å². The molecular formula is C17H25F2N3O3. The van der Waals surface area contributed by atoms with Crippen LogP contribution in [0.25, 0.3) is 0 Å². The van der Waals surface area contributed by atoms with E-state index in [1.165, 1.54) is 0 Å². The number of hydrogen-bond donors (Lipinski definition) is 1. The van der Waals surface area contributed by atoms with E-state index in [1.54, 1.807) is 0 Å². The van der Waals surface area contributed by atoms with Crippen LogP contribution in [0.4, 0.5) is 8.78 Å². The molecule has 4 aliphatic rings. The van der Waals surface area contributed by atoms with Gasteiger partial charge in [0.25, 0.3) is 5.92 Å². The fourth-order valence-electron chi connectivity index (χ4n) is 4.23. The lowest BCUT2D eigenvalue weighted by molar-refractivity contribution is -0.202. The molecular weight excluding hydrogens is 332 g/mol. The van der Waals surface area contributed by atoms with Gasteiger partial charge < -0.3 is 15.0 Å². The molecule has 0 aromatic rings. The highest BCUT2D eigenvalue weighted by molar-refractivity contribution is 5.83. The molecule has 2 amide bonds. The number of nitrogens with one attached hydrogen (secondary N) is 1. The Hall–Kier alpha value is -1.28. The SMILES string of the molecule is C[C@@H]1C[C@H]1C(=O)N1CC2(C1)CN(C)[C@@H](C(=O)NC1CC(F)(F)C1)CO2. The van der Waals surface area contributed by atoms with Crippen LogP contribution in [0, 0.1) is 11.8 Å². The Morgan fingerprint density at radius 2 is 1.84 bits per heavy atom. The molecule has 2 heterocycles. The Kier molecular flexibility index (Phi) is 3.85. The summed E-state index contributed by atoms with van der Waals surface area (Å²) in [4.78, 5) is 28.3. The Morgan fingerprint density at radius 3 is 2.36 bits per heavy atom. The number of rotatable bonds is 3. The zero-order chi connectivity index (χ0) is 18.0. The number of likely N-dealkylation sites (N-methyl/N-ethyl adjacent to an activating group) is 1. The molecule has 2 saturated heterocycles. The van der Waals surface area contributed by atoms with Crippen molar-refractivity contribution < 1.29 is 23.1 Å². The first kappa shape index (κ1) is 17.1. The van der Waals surface area contributed by atoms with Crippen molar-refractivity contribution in [2.45, 2.75) is 49.8 Å². The number of halogens is 2. The third-order valence-corrected chi connectivity index (χ3v) is 6.05. The van der Waals surface area contributed by atoms with Crippen LogP contribution >= 0.6 is 0 Å². The van der Waals surface area contributed by atoms with Crippen molar-refractivity contribution in [3.05, 3.63) is 0 Å². The molecule has 2 aliphatic carbocycles. The highest BCUT2D eigenvalue weighted by Gasteiger charge is 2.54. The van der Waals surface area contributed by atoms with Crippen molar-refractivity contribution in [3.8, 4) is 0 Å². The van der Waals surface area contributed by atoms with Crippen LogP contribution in [0.1, 0.15) is 26.2 Å². The third kappa shape index (κ3) is 3.14. The number of hydrogen-bond acceptors (Lipinski definition) is 4. The molecule has 0 radical (unpaired) electrons. The normalized spacial score (nSPS) is 36.5. The number of likely N-dealkylation sites (tertiary alicyclic amines) is 1. The molecule has 3 atom stereocenters. The van der Waals surface area contributed by atoms with Crippen molar-refractivity contribution in [3.63, 3.8) is 0 Å². The molecule has 1 spiro atoms. The van der Waals surface area contributed by atoms with E-state index < -0.39 is 18.0 Å². The fraction of sp³-hybridized carbons (Fsp3) is 0.882. The standard InChI is InChI=1S/C17H25F2N3O3/c1-10-3-12(10)15(24)22-8-16(9-22)7-21(2)13(6-25-16)14(23)20-11-4-17(18,19)5-11/h10-13H,3-9H2,1-2H3,(H,20,23)/t10-,12-,13-/m1/s1. The van der Waals surface area contributed by atoms with E-state index >= 15 is 0 Å². The van der Waals surface area contributed by atoms with Crippen LogP contribution in [0.5, 0.6) is 0 Å². The summed E-state index contributed by atoms with van der Waals surface area (Å²) in [6, 6.07) is -0.905. The van der Waals surface area contributed by atoms with Gasteiger partial charge in [0.05, 0.1) is 19.7 Å². The van der Waals surface area contributed by atoms with Gasteiger partial charge in [-0.15, -0.1) is 0 Å². The van der Waals surface area contributed by atoms with E-state index in [-0.39, 0.29) is 42.8 Å². The van der Waals surface area contributed by atoms with E-state index in [0.29, 0.717) is 25.6 Å². The molecule has 2 saturated carbocycles. The number of morpholine rings is 1. The van der Waals surface area contributed by atoms with Gasteiger partial charge in [0.15, 0.2) is 0 Å². The molecule has 6 nitrogen and oxygen atoms in total. The van der Waals surface area contributed by atoms with Crippen molar-refractivity contribution in [1.29, 1.82) is 0 Å². The molecule has 4 fully saturated rings. The first-order chi connectivity index (χ1) is 11.7. The average molecular weight is 357 g/mol. The predicted octanol–water partition coefficient (Wildman–Crippen LogP) is 0.468. The van der Waals surface area contributed by atoms with Crippen LogP contribution in [-0.4, -0.2) is 78.5 Å². The number of nitrogens with zero attached hydrogens (tertiary/aromatic N) is 2. The summed E-state index contributed by atoms with van der Waals surface area (Å²) in [5, 5.41) is 2.69. The van der Waals surface area contributed by atoms with Crippen LogP contribution in [-0.2, 0) is 14.3 Å². The summed E-state index contributed by atoms with van der Waals surface area (Å²) in [6.07, 6.45) is 0.415. The number of alkyl halides is 2. The fourth-order valence-corrected chi connectivity index (χ4v) is 4.23. The van der Waals surface area contributed by atoms with Gasteiger partial charge in [0, 0.05) is 31.3 Å². The maximum atomic E-state index is 12.9. The first-order valence-electron chi connectivity index (χ1n) is 8.99. The Labute approximate surface area is 145 Å². The van der Waals surface area contributed by atoms with E-state index in [0.717, 1.165) is 6.42 Å². The Morgan fingerprint density at radius 1 is 1.20 bits per heavy atom. The summed E-state index contributed by atoms with van der Waals surface area (Å²) in [6.45, 7) is 4.03. The van der Waals surface area contributed by atoms with Crippen molar-refractivity contribution in [1.82, 2.24) is 15.1 Å². The monoisotopic (exact) mass is 357 g/mol. The third-order valence-electron chi connectivity index (χ3n) is 6.05. The summed E-state index contributed by atoms with van der Waals surface area (Å²) in [7, 11) is 1.84. The number of carbonyl (C=O) groups is 2. The Balaban J connectivity index is 1.25. The number of carbonyl (C=O) groups excluding carboxylic acids is 2. The maximum absolute atomic E-state index is 12.9. The lowest BCUT2D eigenvalue weighted by Gasteiger charge is -2.55. The van der Waals surface area contributed by atoms with Crippen LogP contribution < -0.4 is 5.32 Å². The molecule has 0 unspecified atom stereocenters. The molecule has 0 bridgehead atoms. The van der Waals surface area contributed by atoms with E-state index in [4.69, 9.17) is 4.74 Å². The zero-order valence-corrected chi connectivity index (χ0v) is 14.6. The zero-order valence-electron chi connectivity index (χ0n) is 14.6. The molecule has 140 valence electrons. The van der Waals surface area contributed by atoms with E-state index in [2.05, 4.69) is 12.2 Å². The molecule has 4 rings (SSSR count). The first-order valence-corrected chi connectivity index (χ1v) is 8.99. The predicted molar refractivity (Wildman–Crippen MR) is 85.1 cm³/mol. The average Bonchev–Trinajstić information content (AvgIpc) is 3.18. The molecule has 1 N–H and O–H groups in total. The van der Waals surface area contributed by atoms with Gasteiger partial charge in [0.2, 0.25) is 11.8 Å². The highest BCUT2D eigenvalue weighted by Crippen LogP contribution is 2.42. The summed E-state index contributed by atoms with van der Waals surface area (Å²) in [5.74, 6) is -2.01. The molecule has 25 heavy (non-hydrogen) atoms. The maximum Gasteiger partial charge on any atom is 0.252 e. The van der Waals surface area contributed by atoms with Crippen LogP contribution in [0.2, 0.25) is 0 Å². The molecule has 2 aliphatic heterocycles. The van der Waals surface area contributed by atoms with E-state index in [1.807, 2.05) is 16.8 Å². The molecule has 0 aromatic heterocycles. The van der Waals surface area contributed by atoms with Gasteiger partial charge in [-0.3, -0.25) is 14.5 Å². The number of ether oxygens (including phenoxy) is 1. The second-order valence-corrected chi connectivity index (χ2v) is 8.41.